The summed E-state index contributed by atoms with van der Waals surface area (Å²) in [5, 5.41) is 7.52. The van der Waals surface area contributed by atoms with Gasteiger partial charge in [-0.1, -0.05) is 30.3 Å². The fourth-order valence-electron chi connectivity index (χ4n) is 2.86. The highest BCUT2D eigenvalue weighted by Gasteiger charge is 2.17. The number of ether oxygens (including phenoxy) is 1. The molecule has 4 rings (SSSR count). The van der Waals surface area contributed by atoms with Crippen LogP contribution in [0.5, 0.6) is 5.75 Å². The van der Waals surface area contributed by atoms with Gasteiger partial charge in [0.1, 0.15) is 11.5 Å². The summed E-state index contributed by atoms with van der Waals surface area (Å²) < 4.78 is 16.3. The number of rotatable bonds is 8. The first-order valence-electron chi connectivity index (χ1n) is 9.11. The third-order valence-corrected chi connectivity index (χ3v) is 4.32. The molecule has 0 N–H and O–H groups in total. The second kappa shape index (κ2) is 8.88. The summed E-state index contributed by atoms with van der Waals surface area (Å²) in [5.41, 5.74) is 1.82. The number of nitrogens with zero attached hydrogens (tertiary/aromatic N) is 3. The largest absolute Gasteiger partial charge is 0.484 e. The van der Waals surface area contributed by atoms with E-state index in [1.165, 1.54) is 6.39 Å². The Morgan fingerprint density at radius 2 is 1.76 bits per heavy atom. The number of hydrogen-bond donors (Lipinski definition) is 0. The van der Waals surface area contributed by atoms with Crippen LogP contribution < -0.4 is 4.74 Å². The van der Waals surface area contributed by atoms with E-state index in [0.717, 1.165) is 16.9 Å². The quantitative estimate of drug-likeness (QED) is 0.454. The molecular formula is C22H19N3O4. The average Bonchev–Trinajstić information content (AvgIpc) is 3.47. The first kappa shape index (κ1) is 18.5. The minimum Gasteiger partial charge on any atom is -0.484 e. The molecule has 0 aliphatic heterocycles. The Hall–Kier alpha value is -3.87. The van der Waals surface area contributed by atoms with E-state index in [1.54, 1.807) is 35.4 Å². The molecule has 0 saturated heterocycles. The third-order valence-electron chi connectivity index (χ3n) is 4.32. The van der Waals surface area contributed by atoms with Crippen molar-refractivity contribution in [3.8, 4) is 17.2 Å². The van der Waals surface area contributed by atoms with Crippen LogP contribution in [0.25, 0.3) is 11.5 Å². The second-order valence-corrected chi connectivity index (χ2v) is 6.37. The summed E-state index contributed by atoms with van der Waals surface area (Å²) in [6, 6.07) is 20.6. The molecule has 2 aromatic carbocycles. The maximum absolute atomic E-state index is 12.8. The van der Waals surface area contributed by atoms with Gasteiger partial charge in [-0.15, -0.1) is 10.2 Å². The Labute approximate surface area is 167 Å². The van der Waals surface area contributed by atoms with E-state index in [1.807, 2.05) is 42.5 Å². The van der Waals surface area contributed by atoms with E-state index in [0.29, 0.717) is 24.7 Å². The molecule has 2 heterocycles. The fraction of sp³-hybridized carbons (Fsp3) is 0.136. The predicted octanol–water partition coefficient (Wildman–Crippen LogP) is 3.94. The van der Waals surface area contributed by atoms with Crippen molar-refractivity contribution in [2.24, 2.45) is 0 Å². The number of aromatic nitrogens is 2. The van der Waals surface area contributed by atoms with Crippen LogP contribution in [-0.2, 0) is 17.9 Å². The average molecular weight is 389 g/mol. The molecule has 2 aromatic heterocycles. The van der Waals surface area contributed by atoms with Crippen molar-refractivity contribution in [1.29, 1.82) is 0 Å². The van der Waals surface area contributed by atoms with Crippen LogP contribution in [0.4, 0.5) is 0 Å². The van der Waals surface area contributed by atoms with Gasteiger partial charge in [0.05, 0.1) is 12.8 Å². The molecule has 0 bridgehead atoms. The maximum atomic E-state index is 12.8. The van der Waals surface area contributed by atoms with Gasteiger partial charge in [0.2, 0.25) is 12.3 Å². The summed E-state index contributed by atoms with van der Waals surface area (Å²) in [7, 11) is 0. The normalized spacial score (nSPS) is 10.6. The summed E-state index contributed by atoms with van der Waals surface area (Å²) >= 11 is 0. The minimum atomic E-state index is -0.133. The van der Waals surface area contributed by atoms with E-state index < -0.39 is 0 Å². The maximum Gasteiger partial charge on any atom is 0.261 e. The second-order valence-electron chi connectivity index (χ2n) is 6.37. The Balaban J connectivity index is 1.40. The van der Waals surface area contributed by atoms with Crippen LogP contribution in [0.1, 0.15) is 11.3 Å². The highest BCUT2D eigenvalue weighted by molar-refractivity contribution is 5.77. The molecule has 146 valence electrons. The smallest absolute Gasteiger partial charge is 0.261 e. The van der Waals surface area contributed by atoms with Gasteiger partial charge in [-0.3, -0.25) is 4.79 Å². The molecule has 0 atom stereocenters. The van der Waals surface area contributed by atoms with Gasteiger partial charge >= 0.3 is 0 Å². The van der Waals surface area contributed by atoms with Crippen molar-refractivity contribution in [2.75, 3.05) is 6.61 Å². The first-order valence-corrected chi connectivity index (χ1v) is 9.11. The number of benzene rings is 2. The van der Waals surface area contributed by atoms with Crippen molar-refractivity contribution >= 4 is 5.91 Å². The number of carbonyl (C=O) groups excluding carboxylic acids is 1. The zero-order valence-electron chi connectivity index (χ0n) is 15.6. The van der Waals surface area contributed by atoms with E-state index in [-0.39, 0.29) is 12.5 Å². The van der Waals surface area contributed by atoms with Crippen molar-refractivity contribution in [2.45, 2.75) is 13.1 Å². The van der Waals surface area contributed by atoms with E-state index >= 15 is 0 Å². The van der Waals surface area contributed by atoms with Crippen LogP contribution in [0, 0.1) is 0 Å². The van der Waals surface area contributed by atoms with Gasteiger partial charge in [-0.2, -0.15) is 0 Å². The number of furan rings is 1. The fourth-order valence-corrected chi connectivity index (χ4v) is 2.86. The van der Waals surface area contributed by atoms with Gasteiger partial charge in [-0.25, -0.2) is 0 Å². The lowest BCUT2D eigenvalue weighted by molar-refractivity contribution is -0.134. The molecule has 7 nitrogen and oxygen atoms in total. The Morgan fingerprint density at radius 1 is 0.931 bits per heavy atom. The molecule has 1 amide bonds. The molecule has 0 aliphatic carbocycles. The third kappa shape index (κ3) is 4.90. The van der Waals surface area contributed by atoms with Gasteiger partial charge in [-0.05, 0) is 42.0 Å². The van der Waals surface area contributed by atoms with Crippen LogP contribution >= 0.6 is 0 Å². The molecule has 0 aliphatic rings. The molecule has 4 aromatic rings. The lowest BCUT2D eigenvalue weighted by Gasteiger charge is -2.22. The zero-order valence-corrected chi connectivity index (χ0v) is 15.6. The summed E-state index contributed by atoms with van der Waals surface area (Å²) in [5.74, 6) is 1.60. The lowest BCUT2D eigenvalue weighted by atomic mass is 10.2. The van der Waals surface area contributed by atoms with Crippen molar-refractivity contribution in [3.05, 3.63) is 90.7 Å². The van der Waals surface area contributed by atoms with Gasteiger partial charge in [0.25, 0.3) is 5.91 Å². The van der Waals surface area contributed by atoms with E-state index in [2.05, 4.69) is 10.2 Å². The topological polar surface area (TPSA) is 81.6 Å². The van der Waals surface area contributed by atoms with Gasteiger partial charge in [0, 0.05) is 12.1 Å². The summed E-state index contributed by atoms with van der Waals surface area (Å²) in [4.78, 5) is 14.5. The Bertz CT molecular complexity index is 1010. The van der Waals surface area contributed by atoms with Crippen molar-refractivity contribution < 1.29 is 18.4 Å². The van der Waals surface area contributed by atoms with Crippen molar-refractivity contribution in [1.82, 2.24) is 15.1 Å². The molecule has 29 heavy (non-hydrogen) atoms. The molecular weight excluding hydrogens is 370 g/mol. The monoisotopic (exact) mass is 389 g/mol. The highest BCUT2D eigenvalue weighted by Crippen LogP contribution is 2.20. The van der Waals surface area contributed by atoms with Crippen molar-refractivity contribution in [3.63, 3.8) is 0 Å². The lowest BCUT2D eigenvalue weighted by Crippen LogP contribution is -2.34. The number of amides is 1. The SMILES string of the molecule is O=C(COc1ccc(-c2nnco2)cc1)N(Cc1ccccc1)Cc1ccco1. The Kier molecular flexibility index (Phi) is 5.66. The van der Waals surface area contributed by atoms with E-state index in [4.69, 9.17) is 13.6 Å². The first-order chi connectivity index (χ1) is 14.3. The van der Waals surface area contributed by atoms with Crippen LogP contribution in [0.2, 0.25) is 0 Å². The highest BCUT2D eigenvalue weighted by atomic mass is 16.5. The molecule has 0 saturated carbocycles. The Morgan fingerprint density at radius 3 is 2.45 bits per heavy atom. The number of carbonyl (C=O) groups is 1. The summed E-state index contributed by atoms with van der Waals surface area (Å²) in [6.45, 7) is 0.771. The zero-order chi connectivity index (χ0) is 19.9. The van der Waals surface area contributed by atoms with Crippen LogP contribution in [-0.4, -0.2) is 27.6 Å². The predicted molar refractivity (Wildman–Crippen MR) is 105 cm³/mol. The molecule has 0 spiro atoms. The molecule has 0 unspecified atom stereocenters. The van der Waals surface area contributed by atoms with Gasteiger partial charge in [0.15, 0.2) is 6.61 Å². The molecule has 0 radical (unpaired) electrons. The standard InChI is InChI=1S/C22H19N3O4/c26-21(15-28-19-10-8-18(9-11-19)22-24-23-16-29-22)25(14-20-7-4-12-27-20)13-17-5-2-1-3-6-17/h1-12,16H,13-15H2. The van der Waals surface area contributed by atoms with Crippen LogP contribution in [0.3, 0.4) is 0 Å². The van der Waals surface area contributed by atoms with Crippen LogP contribution in [0.15, 0.2) is 88.2 Å². The van der Waals surface area contributed by atoms with E-state index in [9.17, 15) is 4.79 Å². The number of hydrogen-bond acceptors (Lipinski definition) is 6. The van der Waals surface area contributed by atoms with Gasteiger partial charge < -0.3 is 18.5 Å². The molecule has 0 fully saturated rings. The minimum absolute atomic E-state index is 0.0759. The summed E-state index contributed by atoms with van der Waals surface area (Å²) in [6.07, 6.45) is 2.88. The molecule has 7 heteroatoms.